The molecule has 1 aromatic carbocycles. The molecule has 0 bridgehead atoms. The Balaban J connectivity index is 3.27. The Hall–Kier alpha value is -1.36. The van der Waals surface area contributed by atoms with E-state index in [1.807, 2.05) is 0 Å². The predicted octanol–water partition coefficient (Wildman–Crippen LogP) is 2.25. The molecule has 6 heteroatoms. The standard InChI is InChI=1S/C9H7ClF2O3/c1-15-9-5(10)2-4(3-6(13)14)7(11)8(9)12/h2H,3H2,1H3,(H,13,14). The van der Waals surface area contributed by atoms with Crippen molar-refractivity contribution in [3.05, 3.63) is 28.3 Å². The molecule has 0 saturated heterocycles. The quantitative estimate of drug-likeness (QED) is 0.819. The van der Waals surface area contributed by atoms with Crippen LogP contribution in [0.15, 0.2) is 6.07 Å². The molecule has 0 amide bonds. The van der Waals surface area contributed by atoms with E-state index in [-0.39, 0.29) is 10.6 Å². The van der Waals surface area contributed by atoms with Gasteiger partial charge < -0.3 is 9.84 Å². The fraction of sp³-hybridized carbons (Fsp3) is 0.222. The molecule has 0 aliphatic carbocycles. The Morgan fingerprint density at radius 3 is 2.60 bits per heavy atom. The van der Waals surface area contributed by atoms with Crippen molar-refractivity contribution >= 4 is 17.6 Å². The van der Waals surface area contributed by atoms with Crippen LogP contribution in [-0.4, -0.2) is 18.2 Å². The van der Waals surface area contributed by atoms with Gasteiger partial charge in [-0.1, -0.05) is 11.6 Å². The monoisotopic (exact) mass is 236 g/mol. The number of carboxylic acids is 1. The third-order valence-corrected chi connectivity index (χ3v) is 2.02. The van der Waals surface area contributed by atoms with E-state index in [1.165, 1.54) is 0 Å². The average Bonchev–Trinajstić information content (AvgIpc) is 2.14. The first-order valence-corrected chi connectivity index (χ1v) is 4.27. The van der Waals surface area contributed by atoms with Crippen molar-refractivity contribution in [3.63, 3.8) is 0 Å². The summed E-state index contributed by atoms with van der Waals surface area (Å²) >= 11 is 5.57. The number of carbonyl (C=O) groups is 1. The lowest BCUT2D eigenvalue weighted by Gasteiger charge is -2.08. The number of aliphatic carboxylic acids is 1. The highest BCUT2D eigenvalue weighted by Crippen LogP contribution is 2.31. The number of hydrogen-bond donors (Lipinski definition) is 1. The van der Waals surface area contributed by atoms with Crippen LogP contribution in [-0.2, 0) is 11.2 Å². The fourth-order valence-electron chi connectivity index (χ4n) is 1.11. The molecule has 1 rings (SSSR count). The number of rotatable bonds is 3. The molecule has 0 atom stereocenters. The summed E-state index contributed by atoms with van der Waals surface area (Å²) in [5.41, 5.74) is -0.314. The van der Waals surface area contributed by atoms with Gasteiger partial charge in [0, 0.05) is 5.56 Å². The van der Waals surface area contributed by atoms with Gasteiger partial charge in [0.1, 0.15) is 0 Å². The van der Waals surface area contributed by atoms with Gasteiger partial charge in [-0.15, -0.1) is 0 Å². The molecule has 0 aliphatic rings. The van der Waals surface area contributed by atoms with E-state index in [9.17, 15) is 13.6 Å². The molecule has 0 aliphatic heterocycles. The van der Waals surface area contributed by atoms with Gasteiger partial charge in [-0.2, -0.15) is 4.39 Å². The van der Waals surface area contributed by atoms with Crippen molar-refractivity contribution in [1.29, 1.82) is 0 Å². The van der Waals surface area contributed by atoms with Gasteiger partial charge in [0.05, 0.1) is 18.6 Å². The van der Waals surface area contributed by atoms with E-state index < -0.39 is 29.8 Å². The SMILES string of the molecule is COc1c(Cl)cc(CC(=O)O)c(F)c1F. The Morgan fingerprint density at radius 1 is 1.53 bits per heavy atom. The van der Waals surface area contributed by atoms with Crippen molar-refractivity contribution in [3.8, 4) is 5.75 Å². The molecule has 0 heterocycles. The topological polar surface area (TPSA) is 46.5 Å². The van der Waals surface area contributed by atoms with Crippen molar-refractivity contribution in [2.24, 2.45) is 0 Å². The van der Waals surface area contributed by atoms with Crippen LogP contribution in [0.4, 0.5) is 8.78 Å². The van der Waals surface area contributed by atoms with Gasteiger partial charge in [-0.3, -0.25) is 4.79 Å². The number of hydrogen-bond acceptors (Lipinski definition) is 2. The van der Waals surface area contributed by atoms with Crippen LogP contribution in [0, 0.1) is 11.6 Å². The second-order valence-corrected chi connectivity index (χ2v) is 3.16. The van der Waals surface area contributed by atoms with Crippen LogP contribution in [0.5, 0.6) is 5.75 Å². The summed E-state index contributed by atoms with van der Waals surface area (Å²) in [6, 6.07) is 1.03. The molecule has 0 aromatic heterocycles. The first-order chi connectivity index (χ1) is 6.97. The van der Waals surface area contributed by atoms with E-state index in [2.05, 4.69) is 4.74 Å². The molecule has 15 heavy (non-hydrogen) atoms. The third-order valence-electron chi connectivity index (χ3n) is 1.74. The van der Waals surface area contributed by atoms with Crippen molar-refractivity contribution in [2.75, 3.05) is 7.11 Å². The first-order valence-electron chi connectivity index (χ1n) is 3.89. The largest absolute Gasteiger partial charge is 0.492 e. The van der Waals surface area contributed by atoms with Crippen molar-refractivity contribution in [1.82, 2.24) is 0 Å². The summed E-state index contributed by atoms with van der Waals surface area (Å²) in [4.78, 5) is 10.3. The molecule has 0 unspecified atom stereocenters. The lowest BCUT2D eigenvalue weighted by molar-refractivity contribution is -0.136. The minimum atomic E-state index is -1.28. The predicted molar refractivity (Wildman–Crippen MR) is 49.3 cm³/mol. The minimum absolute atomic E-state index is 0.160. The van der Waals surface area contributed by atoms with Crippen LogP contribution < -0.4 is 4.74 Å². The third kappa shape index (κ3) is 2.36. The summed E-state index contributed by atoms with van der Waals surface area (Å²) in [6.45, 7) is 0. The Labute approximate surface area is 89.2 Å². The summed E-state index contributed by atoms with van der Waals surface area (Å²) in [7, 11) is 1.14. The average molecular weight is 237 g/mol. The number of halogens is 3. The molecule has 1 aromatic rings. The zero-order valence-electron chi connectivity index (χ0n) is 7.68. The molecular weight excluding hydrogens is 230 g/mol. The van der Waals surface area contributed by atoms with E-state index in [1.54, 1.807) is 0 Å². The molecule has 0 fully saturated rings. The highest BCUT2D eigenvalue weighted by atomic mass is 35.5. The minimum Gasteiger partial charge on any atom is -0.492 e. The summed E-state index contributed by atoms with van der Waals surface area (Å²) in [5.74, 6) is -4.22. The van der Waals surface area contributed by atoms with Gasteiger partial charge in [-0.05, 0) is 6.07 Å². The second kappa shape index (κ2) is 4.44. The van der Waals surface area contributed by atoms with Gasteiger partial charge in [-0.25, -0.2) is 4.39 Å². The van der Waals surface area contributed by atoms with Crippen molar-refractivity contribution in [2.45, 2.75) is 6.42 Å². The maximum Gasteiger partial charge on any atom is 0.307 e. The second-order valence-electron chi connectivity index (χ2n) is 2.75. The van der Waals surface area contributed by atoms with Crippen LogP contribution in [0.1, 0.15) is 5.56 Å². The molecule has 0 radical (unpaired) electrons. The van der Waals surface area contributed by atoms with Gasteiger partial charge in [0.2, 0.25) is 5.82 Å². The number of ether oxygens (including phenoxy) is 1. The number of carboxylic acid groups (broad SMARTS) is 1. The van der Waals surface area contributed by atoms with Gasteiger partial charge >= 0.3 is 5.97 Å². The maximum atomic E-state index is 13.2. The number of methoxy groups -OCH3 is 1. The molecule has 82 valence electrons. The van der Waals surface area contributed by atoms with Gasteiger partial charge in [0.15, 0.2) is 11.6 Å². The Kier molecular flexibility index (Phi) is 3.47. The van der Waals surface area contributed by atoms with Crippen LogP contribution in [0.2, 0.25) is 5.02 Å². The summed E-state index contributed by atoms with van der Waals surface area (Å²) in [5, 5.41) is 8.28. The molecule has 3 nitrogen and oxygen atoms in total. The zero-order chi connectivity index (χ0) is 11.6. The Bertz CT molecular complexity index is 407. The van der Waals surface area contributed by atoms with Crippen LogP contribution in [0.3, 0.4) is 0 Å². The van der Waals surface area contributed by atoms with E-state index >= 15 is 0 Å². The normalized spacial score (nSPS) is 10.1. The van der Waals surface area contributed by atoms with Crippen molar-refractivity contribution < 1.29 is 23.4 Å². The molecule has 0 spiro atoms. The molecule has 0 saturated carbocycles. The van der Waals surface area contributed by atoms with Crippen LogP contribution in [0.25, 0.3) is 0 Å². The first kappa shape index (κ1) is 11.7. The van der Waals surface area contributed by atoms with Crippen LogP contribution >= 0.6 is 11.6 Å². The molecule has 1 N–H and O–H groups in total. The van der Waals surface area contributed by atoms with E-state index in [4.69, 9.17) is 16.7 Å². The van der Waals surface area contributed by atoms with Gasteiger partial charge in [0.25, 0.3) is 0 Å². The number of benzene rings is 1. The lowest BCUT2D eigenvalue weighted by Crippen LogP contribution is -2.05. The molecular formula is C9H7ClF2O3. The Morgan fingerprint density at radius 2 is 2.13 bits per heavy atom. The van der Waals surface area contributed by atoms with E-state index in [0.717, 1.165) is 13.2 Å². The maximum absolute atomic E-state index is 13.2. The fourth-order valence-corrected chi connectivity index (χ4v) is 1.40. The summed E-state index contributed by atoms with van der Waals surface area (Å²) < 4.78 is 30.9. The van der Waals surface area contributed by atoms with E-state index in [0.29, 0.717) is 0 Å². The zero-order valence-corrected chi connectivity index (χ0v) is 8.44. The lowest BCUT2D eigenvalue weighted by atomic mass is 10.1. The smallest absolute Gasteiger partial charge is 0.307 e. The highest BCUT2D eigenvalue weighted by molar-refractivity contribution is 6.32. The summed E-state index contributed by atoms with van der Waals surface area (Å²) in [6.07, 6.45) is -0.632. The highest BCUT2D eigenvalue weighted by Gasteiger charge is 2.19.